The first-order chi connectivity index (χ1) is 10.2. The third-order valence-corrected chi connectivity index (χ3v) is 2.97. The van der Waals surface area contributed by atoms with E-state index < -0.39 is 5.97 Å². The van der Waals surface area contributed by atoms with Crippen molar-refractivity contribution in [3.63, 3.8) is 0 Å². The Kier molecular flexibility index (Phi) is 4.77. The molecule has 0 saturated heterocycles. The first-order valence-electron chi connectivity index (χ1n) is 6.67. The quantitative estimate of drug-likeness (QED) is 0.627. The number of aromatic nitrogens is 1. The van der Waals surface area contributed by atoms with E-state index >= 15 is 0 Å². The van der Waals surface area contributed by atoms with Crippen LogP contribution in [0.25, 0.3) is 0 Å². The lowest BCUT2D eigenvalue weighted by Gasteiger charge is -2.08. The Morgan fingerprint density at radius 1 is 1.24 bits per heavy atom. The predicted molar refractivity (Wildman–Crippen MR) is 81.2 cm³/mol. The minimum absolute atomic E-state index is 0.287. The molecule has 0 aliphatic heterocycles. The van der Waals surface area contributed by atoms with Gasteiger partial charge in [-0.2, -0.15) is 0 Å². The van der Waals surface area contributed by atoms with Crippen molar-refractivity contribution < 1.29 is 14.3 Å². The van der Waals surface area contributed by atoms with Crippen molar-refractivity contribution in [2.45, 2.75) is 6.92 Å². The largest absolute Gasteiger partial charge is 0.497 e. The molecular weight excluding hydrogens is 268 g/mol. The minimum Gasteiger partial charge on any atom is -0.497 e. The lowest BCUT2D eigenvalue weighted by molar-refractivity contribution is -0.134. The van der Waals surface area contributed by atoms with Crippen LogP contribution in [0.4, 0.5) is 5.69 Å². The number of aliphatic imine (C=N–C) groups is 1. The summed E-state index contributed by atoms with van der Waals surface area (Å²) in [6, 6.07) is 10.9. The molecule has 0 N–H and O–H groups in total. The van der Waals surface area contributed by atoms with Gasteiger partial charge >= 0.3 is 5.97 Å². The molecule has 5 heteroatoms. The van der Waals surface area contributed by atoms with Crippen molar-refractivity contribution in [1.29, 1.82) is 0 Å². The summed E-state index contributed by atoms with van der Waals surface area (Å²) >= 11 is 0. The second-order valence-corrected chi connectivity index (χ2v) is 4.38. The lowest BCUT2D eigenvalue weighted by Crippen LogP contribution is -2.21. The van der Waals surface area contributed by atoms with E-state index in [9.17, 15) is 4.79 Å². The highest BCUT2D eigenvalue weighted by atomic mass is 16.5. The second kappa shape index (κ2) is 6.74. The Balaban J connectivity index is 2.40. The van der Waals surface area contributed by atoms with E-state index in [2.05, 4.69) is 4.99 Å². The Labute approximate surface area is 123 Å². The molecule has 0 unspecified atom stereocenters. The fourth-order valence-corrected chi connectivity index (χ4v) is 1.90. The van der Waals surface area contributed by atoms with E-state index in [0.717, 1.165) is 5.75 Å². The van der Waals surface area contributed by atoms with Gasteiger partial charge in [0.1, 0.15) is 5.75 Å². The van der Waals surface area contributed by atoms with E-state index in [0.29, 0.717) is 18.0 Å². The maximum atomic E-state index is 12.1. The van der Waals surface area contributed by atoms with Gasteiger partial charge in [-0.15, -0.1) is 0 Å². The third-order valence-electron chi connectivity index (χ3n) is 2.97. The number of carbonyl (C=O) groups is 1. The smallest absolute Gasteiger partial charge is 0.359 e. The fraction of sp³-hybridized carbons (Fsp3) is 0.250. The minimum atomic E-state index is -0.435. The molecule has 21 heavy (non-hydrogen) atoms. The van der Waals surface area contributed by atoms with Crippen LogP contribution in [-0.2, 0) is 16.6 Å². The molecule has 0 fully saturated rings. The summed E-state index contributed by atoms with van der Waals surface area (Å²) in [4.78, 5) is 16.6. The number of carbonyl (C=O) groups excluding carboxylic acids is 1. The number of aryl methyl sites for hydroxylation is 1. The van der Waals surface area contributed by atoms with Crippen LogP contribution >= 0.6 is 0 Å². The van der Waals surface area contributed by atoms with Gasteiger partial charge in [0.2, 0.25) is 0 Å². The van der Waals surface area contributed by atoms with Crippen LogP contribution in [-0.4, -0.2) is 30.0 Å². The molecule has 2 aromatic rings. The van der Waals surface area contributed by atoms with Gasteiger partial charge < -0.3 is 14.0 Å². The summed E-state index contributed by atoms with van der Waals surface area (Å²) in [6.45, 7) is 2.08. The maximum absolute atomic E-state index is 12.1. The molecule has 1 aromatic carbocycles. The molecule has 0 aliphatic rings. The van der Waals surface area contributed by atoms with Gasteiger partial charge in [-0.1, -0.05) is 0 Å². The van der Waals surface area contributed by atoms with E-state index in [1.165, 1.54) is 0 Å². The molecule has 0 saturated carbocycles. The molecule has 0 spiro atoms. The van der Waals surface area contributed by atoms with E-state index in [1.807, 2.05) is 29.9 Å². The molecule has 110 valence electrons. The van der Waals surface area contributed by atoms with E-state index in [4.69, 9.17) is 9.47 Å². The molecule has 0 bridgehead atoms. The topological polar surface area (TPSA) is 52.8 Å². The van der Waals surface area contributed by atoms with Crippen LogP contribution in [0.15, 0.2) is 47.6 Å². The zero-order valence-corrected chi connectivity index (χ0v) is 12.4. The van der Waals surface area contributed by atoms with Crippen LogP contribution in [0.2, 0.25) is 0 Å². The van der Waals surface area contributed by atoms with Crippen molar-refractivity contribution in [3.05, 3.63) is 48.3 Å². The molecule has 2 rings (SSSR count). The molecule has 0 atom stereocenters. The summed E-state index contributed by atoms with van der Waals surface area (Å²) in [5.41, 5.74) is 1.67. The number of hydrogen-bond donors (Lipinski definition) is 0. The van der Waals surface area contributed by atoms with Crippen molar-refractivity contribution in [1.82, 2.24) is 4.57 Å². The van der Waals surface area contributed by atoms with Crippen molar-refractivity contribution >= 4 is 17.4 Å². The fourth-order valence-electron chi connectivity index (χ4n) is 1.90. The average Bonchev–Trinajstić information content (AvgIpc) is 2.91. The normalized spacial score (nSPS) is 11.3. The van der Waals surface area contributed by atoms with E-state index in [1.54, 1.807) is 38.3 Å². The van der Waals surface area contributed by atoms with Gasteiger partial charge in [-0.05, 0) is 43.3 Å². The number of rotatable bonds is 5. The van der Waals surface area contributed by atoms with E-state index in [-0.39, 0.29) is 5.71 Å². The van der Waals surface area contributed by atoms with Crippen LogP contribution in [0.5, 0.6) is 5.75 Å². The van der Waals surface area contributed by atoms with Gasteiger partial charge in [-0.3, -0.25) is 0 Å². The van der Waals surface area contributed by atoms with Crippen molar-refractivity contribution in [3.8, 4) is 5.75 Å². The van der Waals surface area contributed by atoms with Gasteiger partial charge in [-0.25, -0.2) is 9.79 Å². The zero-order chi connectivity index (χ0) is 15.2. The first kappa shape index (κ1) is 14.8. The monoisotopic (exact) mass is 286 g/mol. The predicted octanol–water partition coefficient (Wildman–Crippen LogP) is 2.72. The highest BCUT2D eigenvalue weighted by Gasteiger charge is 2.18. The number of benzene rings is 1. The zero-order valence-electron chi connectivity index (χ0n) is 12.4. The Morgan fingerprint density at radius 2 is 1.95 bits per heavy atom. The molecule has 0 aliphatic carbocycles. The molecule has 5 nitrogen and oxygen atoms in total. The van der Waals surface area contributed by atoms with Crippen LogP contribution < -0.4 is 4.74 Å². The lowest BCUT2D eigenvalue weighted by atomic mass is 10.2. The summed E-state index contributed by atoms with van der Waals surface area (Å²) in [6.07, 6.45) is 1.86. The molecular formula is C16H18N2O3. The molecule has 1 aromatic heterocycles. The maximum Gasteiger partial charge on any atom is 0.359 e. The molecule has 0 amide bonds. The molecule has 1 heterocycles. The Hall–Kier alpha value is -2.56. The van der Waals surface area contributed by atoms with Gasteiger partial charge in [0, 0.05) is 13.2 Å². The summed E-state index contributed by atoms with van der Waals surface area (Å²) < 4.78 is 12.0. The van der Waals surface area contributed by atoms with Crippen molar-refractivity contribution in [2.75, 3.05) is 13.7 Å². The van der Waals surface area contributed by atoms with Gasteiger partial charge in [0.15, 0.2) is 5.71 Å². The SMILES string of the molecule is CCOC(=O)/C(=N\c1ccc(OC)cc1)c1cccn1C. The summed E-state index contributed by atoms with van der Waals surface area (Å²) in [7, 11) is 3.46. The van der Waals surface area contributed by atoms with Crippen molar-refractivity contribution in [2.24, 2.45) is 12.0 Å². The number of ether oxygens (including phenoxy) is 2. The number of esters is 1. The number of nitrogens with zero attached hydrogens (tertiary/aromatic N) is 2. The Bertz CT molecular complexity index is 642. The van der Waals surface area contributed by atoms with Crippen LogP contribution in [0.1, 0.15) is 12.6 Å². The second-order valence-electron chi connectivity index (χ2n) is 4.38. The van der Waals surface area contributed by atoms with Gasteiger partial charge in [0.25, 0.3) is 0 Å². The van der Waals surface area contributed by atoms with Gasteiger partial charge in [0.05, 0.1) is 25.1 Å². The summed E-state index contributed by atoms with van der Waals surface area (Å²) in [5.74, 6) is 0.306. The molecule has 0 radical (unpaired) electrons. The number of methoxy groups -OCH3 is 1. The first-order valence-corrected chi connectivity index (χ1v) is 6.67. The standard InChI is InChI=1S/C16H18N2O3/c1-4-21-16(19)15(14-6-5-11-18(14)2)17-12-7-9-13(20-3)10-8-12/h5-11H,4H2,1-3H3/b17-15-. The average molecular weight is 286 g/mol. The summed E-state index contributed by atoms with van der Waals surface area (Å²) in [5, 5.41) is 0. The van der Waals surface area contributed by atoms with Crippen LogP contribution in [0, 0.1) is 0 Å². The Morgan fingerprint density at radius 3 is 2.48 bits per heavy atom. The third kappa shape index (κ3) is 3.51. The highest BCUT2D eigenvalue weighted by Crippen LogP contribution is 2.19. The highest BCUT2D eigenvalue weighted by molar-refractivity contribution is 6.43. The number of hydrogen-bond acceptors (Lipinski definition) is 4. The van der Waals surface area contributed by atoms with Crippen LogP contribution in [0.3, 0.4) is 0 Å².